The van der Waals surface area contributed by atoms with Crippen molar-refractivity contribution in [1.82, 2.24) is 24.6 Å². The molecule has 1 fully saturated rings. The number of amides is 1. The van der Waals surface area contributed by atoms with Gasteiger partial charge < -0.3 is 14.4 Å². The Hall–Kier alpha value is -3.04. The molecule has 5 rings (SSSR count). The topological polar surface area (TPSA) is 72.7 Å². The molecule has 0 bridgehead atoms. The predicted octanol–water partition coefficient (Wildman–Crippen LogP) is 2.96. The Morgan fingerprint density at radius 1 is 1.12 bits per heavy atom. The first-order valence-electron chi connectivity index (χ1n) is 11.6. The standard InChI is InChI=1S/C25H29N5O3S/c1-18-26-27-25(30(18)21-5-3-4-6-23(21)32-2)34-17-24(31)29-12-10-28(11-13-29)16-19-7-8-22-20(15-19)9-14-33-22/h3-8,15H,9-14,16-17H2,1-2H3. The number of aryl methyl sites for hydroxylation is 1. The van der Waals surface area contributed by atoms with E-state index in [1.54, 1.807) is 7.11 Å². The molecule has 1 amide bonds. The summed E-state index contributed by atoms with van der Waals surface area (Å²) in [4.78, 5) is 17.3. The number of para-hydroxylation sites is 2. The van der Waals surface area contributed by atoms with Gasteiger partial charge in [0.1, 0.15) is 17.3 Å². The van der Waals surface area contributed by atoms with Crippen LogP contribution in [0.1, 0.15) is 17.0 Å². The third kappa shape index (κ3) is 4.76. The molecular weight excluding hydrogens is 450 g/mol. The van der Waals surface area contributed by atoms with Gasteiger partial charge in [0.2, 0.25) is 5.91 Å². The molecule has 2 aliphatic heterocycles. The summed E-state index contributed by atoms with van der Waals surface area (Å²) in [5.41, 5.74) is 3.49. The van der Waals surface area contributed by atoms with E-state index in [-0.39, 0.29) is 5.91 Å². The molecule has 34 heavy (non-hydrogen) atoms. The molecule has 2 aliphatic rings. The van der Waals surface area contributed by atoms with Gasteiger partial charge in [0, 0.05) is 39.1 Å². The fraction of sp³-hybridized carbons (Fsp3) is 0.400. The Morgan fingerprint density at radius 3 is 2.76 bits per heavy atom. The molecule has 0 radical (unpaired) electrons. The lowest BCUT2D eigenvalue weighted by molar-refractivity contribution is -0.130. The minimum absolute atomic E-state index is 0.131. The van der Waals surface area contributed by atoms with Crippen molar-refractivity contribution < 1.29 is 14.3 Å². The highest BCUT2D eigenvalue weighted by Crippen LogP contribution is 2.29. The van der Waals surface area contributed by atoms with Crippen LogP contribution in [0.2, 0.25) is 0 Å². The molecule has 1 saturated heterocycles. The smallest absolute Gasteiger partial charge is 0.233 e. The van der Waals surface area contributed by atoms with Crippen molar-refractivity contribution in [1.29, 1.82) is 0 Å². The number of rotatable bonds is 7. The maximum atomic E-state index is 12.9. The number of carbonyl (C=O) groups is 1. The molecule has 0 saturated carbocycles. The van der Waals surface area contributed by atoms with Crippen molar-refractivity contribution in [2.24, 2.45) is 0 Å². The number of fused-ring (bicyclic) bond motifs is 1. The lowest BCUT2D eigenvalue weighted by Crippen LogP contribution is -2.48. The zero-order chi connectivity index (χ0) is 23.5. The van der Waals surface area contributed by atoms with Crippen LogP contribution in [0.3, 0.4) is 0 Å². The van der Waals surface area contributed by atoms with Gasteiger partial charge in [0.15, 0.2) is 5.16 Å². The van der Waals surface area contributed by atoms with E-state index in [0.29, 0.717) is 10.9 Å². The lowest BCUT2D eigenvalue weighted by atomic mass is 10.1. The minimum atomic E-state index is 0.131. The van der Waals surface area contributed by atoms with Gasteiger partial charge in [-0.25, -0.2) is 0 Å². The summed E-state index contributed by atoms with van der Waals surface area (Å²) in [7, 11) is 1.65. The van der Waals surface area contributed by atoms with Crippen molar-refractivity contribution in [2.45, 2.75) is 25.0 Å². The summed E-state index contributed by atoms with van der Waals surface area (Å²) < 4.78 is 13.1. The number of carbonyl (C=O) groups excluding carboxylic acids is 1. The van der Waals surface area contributed by atoms with Crippen molar-refractivity contribution >= 4 is 17.7 Å². The van der Waals surface area contributed by atoms with E-state index in [9.17, 15) is 4.79 Å². The number of nitrogens with zero attached hydrogens (tertiary/aromatic N) is 5. The molecule has 0 aliphatic carbocycles. The van der Waals surface area contributed by atoms with Crippen LogP contribution in [0.4, 0.5) is 0 Å². The maximum absolute atomic E-state index is 12.9. The van der Waals surface area contributed by atoms with Crippen LogP contribution in [0.5, 0.6) is 11.5 Å². The number of hydrogen-bond donors (Lipinski definition) is 0. The zero-order valence-corrected chi connectivity index (χ0v) is 20.4. The van der Waals surface area contributed by atoms with Crippen molar-refractivity contribution in [3.8, 4) is 17.2 Å². The Labute approximate surface area is 203 Å². The number of piperazine rings is 1. The highest BCUT2D eigenvalue weighted by atomic mass is 32.2. The third-order valence-corrected chi connectivity index (χ3v) is 7.24. The third-order valence-electron chi connectivity index (χ3n) is 6.33. The summed E-state index contributed by atoms with van der Waals surface area (Å²) in [5.74, 6) is 2.98. The van der Waals surface area contributed by atoms with Crippen LogP contribution in [-0.4, -0.2) is 76.1 Å². The summed E-state index contributed by atoms with van der Waals surface area (Å²) in [5, 5.41) is 9.22. The first kappa shape index (κ1) is 22.7. The lowest BCUT2D eigenvalue weighted by Gasteiger charge is -2.34. The molecule has 1 aromatic heterocycles. The fourth-order valence-corrected chi connectivity index (χ4v) is 5.39. The molecule has 2 aromatic carbocycles. The molecule has 0 atom stereocenters. The van der Waals surface area contributed by atoms with Crippen LogP contribution in [0.15, 0.2) is 47.6 Å². The van der Waals surface area contributed by atoms with Crippen LogP contribution >= 0.6 is 11.8 Å². The summed E-state index contributed by atoms with van der Waals surface area (Å²) >= 11 is 1.42. The Balaban J connectivity index is 1.16. The van der Waals surface area contributed by atoms with Gasteiger partial charge in [0.05, 0.1) is 25.2 Å². The normalized spacial score (nSPS) is 15.8. The largest absolute Gasteiger partial charge is 0.495 e. The van der Waals surface area contributed by atoms with E-state index in [1.165, 1.54) is 22.9 Å². The van der Waals surface area contributed by atoms with Crippen LogP contribution < -0.4 is 9.47 Å². The number of thioether (sulfide) groups is 1. The predicted molar refractivity (Wildman–Crippen MR) is 131 cm³/mol. The van der Waals surface area contributed by atoms with Gasteiger partial charge >= 0.3 is 0 Å². The van der Waals surface area contributed by atoms with Crippen LogP contribution in [-0.2, 0) is 17.8 Å². The van der Waals surface area contributed by atoms with Crippen molar-refractivity contribution in [2.75, 3.05) is 45.6 Å². The van der Waals surface area contributed by atoms with E-state index in [1.807, 2.05) is 40.7 Å². The van der Waals surface area contributed by atoms with Crippen LogP contribution in [0.25, 0.3) is 5.69 Å². The van der Waals surface area contributed by atoms with Gasteiger partial charge in [-0.3, -0.25) is 14.3 Å². The van der Waals surface area contributed by atoms with Crippen LogP contribution in [0, 0.1) is 6.92 Å². The van der Waals surface area contributed by atoms with E-state index >= 15 is 0 Å². The van der Waals surface area contributed by atoms with E-state index < -0.39 is 0 Å². The molecule has 0 N–H and O–H groups in total. The van der Waals surface area contributed by atoms with Crippen molar-refractivity contribution in [3.63, 3.8) is 0 Å². The minimum Gasteiger partial charge on any atom is -0.495 e. The summed E-state index contributed by atoms with van der Waals surface area (Å²) in [6.07, 6.45) is 0.994. The number of ether oxygens (including phenoxy) is 2. The van der Waals surface area contributed by atoms with Gasteiger partial charge in [-0.1, -0.05) is 36.0 Å². The van der Waals surface area contributed by atoms with E-state index in [0.717, 1.165) is 68.8 Å². The van der Waals surface area contributed by atoms with Gasteiger partial charge in [-0.2, -0.15) is 0 Å². The van der Waals surface area contributed by atoms with Gasteiger partial charge in [0.25, 0.3) is 0 Å². The second kappa shape index (κ2) is 10.1. The summed E-state index contributed by atoms with van der Waals surface area (Å²) in [6, 6.07) is 14.2. The average molecular weight is 480 g/mol. The molecule has 9 heteroatoms. The average Bonchev–Trinajstić information content (AvgIpc) is 3.48. The molecule has 8 nitrogen and oxygen atoms in total. The zero-order valence-electron chi connectivity index (χ0n) is 19.6. The number of hydrogen-bond acceptors (Lipinski definition) is 7. The molecule has 0 spiro atoms. The highest BCUT2D eigenvalue weighted by molar-refractivity contribution is 7.99. The molecule has 3 heterocycles. The number of methoxy groups -OCH3 is 1. The van der Waals surface area contributed by atoms with E-state index in [2.05, 4.69) is 33.3 Å². The van der Waals surface area contributed by atoms with Crippen molar-refractivity contribution in [3.05, 3.63) is 59.4 Å². The molecular formula is C25H29N5O3S. The SMILES string of the molecule is COc1ccccc1-n1c(C)nnc1SCC(=O)N1CCN(Cc2ccc3c(c2)CCO3)CC1. The Kier molecular flexibility index (Phi) is 6.73. The quantitative estimate of drug-likeness (QED) is 0.483. The molecule has 3 aromatic rings. The van der Waals surface area contributed by atoms with E-state index in [4.69, 9.17) is 9.47 Å². The fourth-order valence-electron chi connectivity index (χ4n) is 4.50. The van der Waals surface area contributed by atoms with Gasteiger partial charge in [-0.15, -0.1) is 10.2 Å². The summed E-state index contributed by atoms with van der Waals surface area (Å²) in [6.45, 7) is 6.83. The number of aromatic nitrogens is 3. The first-order valence-corrected chi connectivity index (χ1v) is 12.5. The monoisotopic (exact) mass is 479 g/mol. The maximum Gasteiger partial charge on any atom is 0.233 e. The second-order valence-electron chi connectivity index (χ2n) is 8.52. The number of benzene rings is 2. The Bertz CT molecular complexity index is 1170. The van der Waals surface area contributed by atoms with Gasteiger partial charge in [-0.05, 0) is 36.2 Å². The molecule has 0 unspecified atom stereocenters. The highest BCUT2D eigenvalue weighted by Gasteiger charge is 2.23. The molecule has 178 valence electrons. The Morgan fingerprint density at radius 2 is 1.94 bits per heavy atom. The first-order chi connectivity index (χ1) is 16.6. The second-order valence-corrected chi connectivity index (χ2v) is 9.47.